The molecule has 2 N–H and O–H groups in total. The minimum absolute atomic E-state index is 0.317. The van der Waals surface area contributed by atoms with Crippen molar-refractivity contribution < 1.29 is 8.78 Å². The summed E-state index contributed by atoms with van der Waals surface area (Å²) >= 11 is 0. The summed E-state index contributed by atoms with van der Waals surface area (Å²) in [4.78, 5) is 1.84. The molecule has 0 fully saturated rings. The molecule has 0 aromatic carbocycles. The minimum atomic E-state index is -2.44. The van der Waals surface area contributed by atoms with Crippen molar-refractivity contribution >= 4 is 0 Å². The van der Waals surface area contributed by atoms with E-state index in [4.69, 9.17) is 5.73 Å². The van der Waals surface area contributed by atoms with E-state index in [9.17, 15) is 8.78 Å². The van der Waals surface area contributed by atoms with E-state index in [1.807, 2.05) is 19.0 Å². The number of nitrogens with two attached hydrogens (primary N) is 1. The Morgan fingerprint density at radius 1 is 1.45 bits per heavy atom. The van der Waals surface area contributed by atoms with Gasteiger partial charge >= 0.3 is 0 Å². The van der Waals surface area contributed by atoms with Crippen LogP contribution in [0.2, 0.25) is 0 Å². The first-order valence-corrected chi connectivity index (χ1v) is 3.58. The second kappa shape index (κ2) is 3.97. The summed E-state index contributed by atoms with van der Waals surface area (Å²) in [6.45, 7) is 1.97. The Balaban J connectivity index is 3.73. The van der Waals surface area contributed by atoms with Gasteiger partial charge in [0.25, 0.3) is 6.43 Å². The lowest BCUT2D eigenvalue weighted by Crippen LogP contribution is -2.45. The van der Waals surface area contributed by atoms with E-state index in [0.717, 1.165) is 0 Å². The molecule has 0 saturated carbocycles. The van der Waals surface area contributed by atoms with Crippen molar-refractivity contribution in [2.45, 2.75) is 25.3 Å². The molecule has 4 heteroatoms. The maximum absolute atomic E-state index is 12.1. The highest BCUT2D eigenvalue weighted by Crippen LogP contribution is 2.15. The molecule has 1 unspecified atom stereocenters. The van der Waals surface area contributed by atoms with E-state index >= 15 is 0 Å². The van der Waals surface area contributed by atoms with Crippen LogP contribution >= 0.6 is 0 Å². The van der Waals surface area contributed by atoms with Crippen LogP contribution in [0.15, 0.2) is 0 Å². The molecular weight excluding hydrogens is 150 g/mol. The molecule has 0 aliphatic heterocycles. The summed E-state index contributed by atoms with van der Waals surface area (Å²) in [5.41, 5.74) is 3.99. The third-order valence-corrected chi connectivity index (χ3v) is 1.60. The molecule has 11 heavy (non-hydrogen) atoms. The molecule has 0 aliphatic rings. The van der Waals surface area contributed by atoms with E-state index in [1.54, 1.807) is 0 Å². The zero-order chi connectivity index (χ0) is 9.07. The maximum Gasteiger partial charge on any atom is 0.256 e. The van der Waals surface area contributed by atoms with Crippen molar-refractivity contribution in [3.63, 3.8) is 0 Å². The largest absolute Gasteiger partial charge is 0.321 e. The van der Waals surface area contributed by atoms with Gasteiger partial charge in [0, 0.05) is 0 Å². The number of halogens is 2. The molecule has 0 aromatic heterocycles. The number of hydrogen-bond acceptors (Lipinski definition) is 2. The molecule has 2 nitrogen and oxygen atoms in total. The molecule has 0 aliphatic carbocycles. The Bertz CT molecular complexity index is 113. The van der Waals surface area contributed by atoms with Gasteiger partial charge in [-0.15, -0.1) is 0 Å². The Labute approximate surface area is 66.4 Å². The van der Waals surface area contributed by atoms with Crippen LogP contribution in [0.3, 0.4) is 0 Å². The third-order valence-electron chi connectivity index (χ3n) is 1.60. The topological polar surface area (TPSA) is 29.3 Å². The van der Waals surface area contributed by atoms with Crippen molar-refractivity contribution in [3.8, 4) is 0 Å². The monoisotopic (exact) mass is 166 g/mol. The summed E-state index contributed by atoms with van der Waals surface area (Å²) in [5, 5.41) is 0. The smallest absolute Gasteiger partial charge is 0.256 e. The van der Waals surface area contributed by atoms with Gasteiger partial charge in [-0.2, -0.15) is 0 Å². The lowest BCUT2D eigenvalue weighted by atomic mass is 10.0. The molecule has 0 spiro atoms. The van der Waals surface area contributed by atoms with Crippen molar-refractivity contribution in [1.82, 2.24) is 4.90 Å². The van der Waals surface area contributed by atoms with Crippen LogP contribution in [0.5, 0.6) is 0 Å². The Morgan fingerprint density at radius 2 is 1.91 bits per heavy atom. The van der Waals surface area contributed by atoms with Gasteiger partial charge < -0.3 is 10.6 Å². The first kappa shape index (κ1) is 10.8. The predicted molar refractivity (Wildman–Crippen MR) is 41.8 cm³/mol. The van der Waals surface area contributed by atoms with Gasteiger partial charge in [0.15, 0.2) is 0 Å². The van der Waals surface area contributed by atoms with E-state index in [1.165, 1.54) is 6.92 Å². The Kier molecular flexibility index (Phi) is 3.89. The third kappa shape index (κ3) is 4.27. The second-order valence-corrected chi connectivity index (χ2v) is 3.36. The van der Waals surface area contributed by atoms with Gasteiger partial charge in [-0.1, -0.05) is 0 Å². The average Bonchev–Trinajstić information content (AvgIpc) is 1.84. The summed E-state index contributed by atoms with van der Waals surface area (Å²) < 4.78 is 24.2. The van der Waals surface area contributed by atoms with Crippen molar-refractivity contribution in [2.24, 2.45) is 5.73 Å². The lowest BCUT2D eigenvalue weighted by molar-refractivity contribution is 0.0550. The number of hydrogen-bond donors (Lipinski definition) is 1. The van der Waals surface area contributed by atoms with Crippen molar-refractivity contribution in [1.29, 1.82) is 0 Å². The fourth-order valence-electron chi connectivity index (χ4n) is 0.574. The van der Waals surface area contributed by atoms with Gasteiger partial charge in [0.1, 0.15) is 0 Å². The van der Waals surface area contributed by atoms with Gasteiger partial charge in [-0.3, -0.25) is 0 Å². The van der Waals surface area contributed by atoms with Crippen LogP contribution in [-0.2, 0) is 0 Å². The summed E-state index contributed by atoms with van der Waals surface area (Å²) in [6, 6.07) is 0. The quantitative estimate of drug-likeness (QED) is 0.673. The SMILES string of the molecule is CN(C)CCC(C)(N)C(F)F. The first-order chi connectivity index (χ1) is 4.86. The number of alkyl halides is 2. The van der Waals surface area contributed by atoms with E-state index in [0.29, 0.717) is 13.0 Å². The van der Waals surface area contributed by atoms with Gasteiger partial charge in [-0.05, 0) is 34.0 Å². The normalized spacial score (nSPS) is 17.5. The number of nitrogens with zero attached hydrogens (tertiary/aromatic N) is 1. The molecule has 0 bridgehead atoms. The fraction of sp³-hybridized carbons (Fsp3) is 1.00. The van der Waals surface area contributed by atoms with E-state index in [-0.39, 0.29) is 0 Å². The highest BCUT2D eigenvalue weighted by molar-refractivity contribution is 4.81. The zero-order valence-corrected chi connectivity index (χ0v) is 7.27. The molecule has 0 saturated heterocycles. The molecule has 0 amide bonds. The summed E-state index contributed by atoms with van der Waals surface area (Å²) in [5.74, 6) is 0. The highest BCUT2D eigenvalue weighted by atomic mass is 19.3. The lowest BCUT2D eigenvalue weighted by Gasteiger charge is -2.24. The van der Waals surface area contributed by atoms with Crippen LogP contribution in [0.4, 0.5) is 8.78 Å². The van der Waals surface area contributed by atoms with Gasteiger partial charge in [-0.25, -0.2) is 8.78 Å². The molecule has 68 valence electrons. The van der Waals surface area contributed by atoms with Gasteiger partial charge in [0.05, 0.1) is 5.54 Å². The highest BCUT2D eigenvalue weighted by Gasteiger charge is 2.29. The maximum atomic E-state index is 12.1. The molecule has 0 radical (unpaired) electrons. The number of rotatable bonds is 4. The predicted octanol–water partition coefficient (Wildman–Crippen LogP) is 0.921. The summed E-state index contributed by atoms with van der Waals surface area (Å²) in [6.07, 6.45) is -2.13. The van der Waals surface area contributed by atoms with Crippen LogP contribution < -0.4 is 5.73 Å². The van der Waals surface area contributed by atoms with Crippen LogP contribution in [-0.4, -0.2) is 37.5 Å². The molecule has 0 rings (SSSR count). The second-order valence-electron chi connectivity index (χ2n) is 3.36. The first-order valence-electron chi connectivity index (χ1n) is 3.58. The van der Waals surface area contributed by atoms with E-state index in [2.05, 4.69) is 0 Å². The van der Waals surface area contributed by atoms with Gasteiger partial charge in [0.2, 0.25) is 0 Å². The molecular formula is C7H16F2N2. The average molecular weight is 166 g/mol. The Hall–Kier alpha value is -0.220. The molecule has 0 aromatic rings. The zero-order valence-electron chi connectivity index (χ0n) is 7.27. The van der Waals surface area contributed by atoms with Crippen molar-refractivity contribution in [2.75, 3.05) is 20.6 Å². The fourth-order valence-corrected chi connectivity index (χ4v) is 0.574. The Morgan fingerprint density at radius 3 is 2.18 bits per heavy atom. The van der Waals surface area contributed by atoms with Crippen LogP contribution in [0.1, 0.15) is 13.3 Å². The summed E-state index contributed by atoms with van der Waals surface area (Å²) in [7, 11) is 3.67. The van der Waals surface area contributed by atoms with Crippen molar-refractivity contribution in [3.05, 3.63) is 0 Å². The molecule has 1 atom stereocenters. The van der Waals surface area contributed by atoms with Crippen LogP contribution in [0.25, 0.3) is 0 Å². The standard InChI is InChI=1S/C7H16F2N2/c1-7(10,6(8)9)4-5-11(2)3/h6H,4-5,10H2,1-3H3. The molecule has 0 heterocycles. The minimum Gasteiger partial charge on any atom is -0.321 e. The van der Waals surface area contributed by atoms with Crippen LogP contribution in [0, 0.1) is 0 Å². The van der Waals surface area contributed by atoms with E-state index < -0.39 is 12.0 Å².